The third-order valence-electron chi connectivity index (χ3n) is 1.55. The minimum Gasteiger partial charge on any atom is -0.496 e. The molecule has 0 saturated heterocycles. The van der Waals surface area contributed by atoms with Crippen molar-refractivity contribution in [3.05, 3.63) is 41.7 Å². The van der Waals surface area contributed by atoms with Crippen LogP contribution < -0.4 is 0 Å². The average molecular weight is 131 g/mol. The van der Waals surface area contributed by atoms with Gasteiger partial charge in [-0.2, -0.15) is 0 Å². The Hall–Kier alpha value is -1.24. The fourth-order valence-corrected chi connectivity index (χ4v) is 1.02. The number of fused-ring (bicyclic) bond motifs is 1. The molecule has 0 atom stereocenters. The van der Waals surface area contributed by atoms with Crippen molar-refractivity contribution >= 4 is 6.08 Å². The van der Waals surface area contributed by atoms with E-state index in [4.69, 9.17) is 4.74 Å². The second-order valence-corrected chi connectivity index (χ2v) is 2.22. The summed E-state index contributed by atoms with van der Waals surface area (Å²) in [7, 11) is 0. The molecule has 0 saturated carbocycles. The summed E-state index contributed by atoms with van der Waals surface area (Å²) in [6.45, 7) is 0.659. The first kappa shape index (κ1) is 5.54. The number of ether oxygens (including phenoxy) is 1. The SMILES string of the molecule is [c]1cccc2c1COC=C2. The van der Waals surface area contributed by atoms with Crippen molar-refractivity contribution in [2.45, 2.75) is 6.61 Å². The molecule has 0 spiro atoms. The summed E-state index contributed by atoms with van der Waals surface area (Å²) in [5, 5.41) is 0. The molecule has 1 heterocycles. The predicted octanol–water partition coefficient (Wildman–Crippen LogP) is 1.99. The number of rotatable bonds is 0. The van der Waals surface area contributed by atoms with Gasteiger partial charge in [0.1, 0.15) is 6.61 Å². The van der Waals surface area contributed by atoms with Crippen LogP contribution in [0.4, 0.5) is 0 Å². The molecule has 49 valence electrons. The summed E-state index contributed by atoms with van der Waals surface area (Å²) in [6, 6.07) is 9.06. The van der Waals surface area contributed by atoms with Crippen LogP contribution in [-0.2, 0) is 11.3 Å². The molecule has 1 radical (unpaired) electrons. The molecular weight excluding hydrogens is 124 g/mol. The van der Waals surface area contributed by atoms with Crippen LogP contribution in [0, 0.1) is 6.07 Å². The van der Waals surface area contributed by atoms with Gasteiger partial charge in [0.15, 0.2) is 0 Å². The van der Waals surface area contributed by atoms with Crippen molar-refractivity contribution < 1.29 is 4.74 Å². The van der Waals surface area contributed by atoms with Crippen molar-refractivity contribution in [1.82, 2.24) is 0 Å². The fraction of sp³-hybridized carbons (Fsp3) is 0.111. The Labute approximate surface area is 59.9 Å². The van der Waals surface area contributed by atoms with E-state index in [1.54, 1.807) is 6.26 Å². The van der Waals surface area contributed by atoms with Crippen LogP contribution in [0.25, 0.3) is 6.08 Å². The largest absolute Gasteiger partial charge is 0.496 e. The minimum atomic E-state index is 0.659. The van der Waals surface area contributed by atoms with Gasteiger partial charge in [0.25, 0.3) is 0 Å². The maximum atomic E-state index is 5.08. The Bertz CT molecular complexity index is 263. The first-order chi connectivity index (χ1) is 4.97. The molecule has 1 aliphatic rings. The van der Waals surface area contributed by atoms with Gasteiger partial charge in [-0.15, -0.1) is 0 Å². The van der Waals surface area contributed by atoms with E-state index >= 15 is 0 Å². The van der Waals surface area contributed by atoms with Crippen molar-refractivity contribution in [3.63, 3.8) is 0 Å². The molecule has 2 rings (SSSR count). The van der Waals surface area contributed by atoms with Gasteiger partial charge in [-0.1, -0.05) is 18.2 Å². The fourth-order valence-electron chi connectivity index (χ4n) is 1.02. The third-order valence-corrected chi connectivity index (χ3v) is 1.55. The van der Waals surface area contributed by atoms with Crippen molar-refractivity contribution in [3.8, 4) is 0 Å². The van der Waals surface area contributed by atoms with E-state index in [-0.39, 0.29) is 0 Å². The molecule has 1 aromatic carbocycles. The standard InChI is InChI=1S/C9H7O/c1-2-4-9-7-10-6-5-8(9)3-1/h1-3,5-6H,7H2. The maximum Gasteiger partial charge on any atom is 0.114 e. The monoisotopic (exact) mass is 131 g/mol. The molecular formula is C9H7O. The molecule has 0 N–H and O–H groups in total. The second kappa shape index (κ2) is 2.18. The number of benzene rings is 1. The molecule has 0 bridgehead atoms. The minimum absolute atomic E-state index is 0.659. The lowest BCUT2D eigenvalue weighted by atomic mass is 10.1. The highest BCUT2D eigenvalue weighted by atomic mass is 16.5. The second-order valence-electron chi connectivity index (χ2n) is 2.22. The van der Waals surface area contributed by atoms with Gasteiger partial charge in [0.2, 0.25) is 0 Å². The Morgan fingerprint density at radius 1 is 1.50 bits per heavy atom. The van der Waals surface area contributed by atoms with Crippen molar-refractivity contribution in [1.29, 1.82) is 0 Å². The lowest BCUT2D eigenvalue weighted by Gasteiger charge is -2.09. The van der Waals surface area contributed by atoms with Gasteiger partial charge in [0.05, 0.1) is 6.26 Å². The van der Waals surface area contributed by atoms with Crippen LogP contribution in [-0.4, -0.2) is 0 Å². The van der Waals surface area contributed by atoms with Gasteiger partial charge in [-0.25, -0.2) is 0 Å². The molecule has 1 aromatic rings. The van der Waals surface area contributed by atoms with E-state index in [1.807, 2.05) is 18.2 Å². The first-order valence-corrected chi connectivity index (χ1v) is 3.24. The molecule has 1 aliphatic heterocycles. The van der Waals surface area contributed by atoms with Crippen molar-refractivity contribution in [2.75, 3.05) is 0 Å². The van der Waals surface area contributed by atoms with Crippen LogP contribution in [0.1, 0.15) is 11.1 Å². The van der Waals surface area contributed by atoms with E-state index in [0.29, 0.717) is 6.61 Å². The van der Waals surface area contributed by atoms with Crippen LogP contribution in [0.3, 0.4) is 0 Å². The highest BCUT2D eigenvalue weighted by Gasteiger charge is 2.01. The quantitative estimate of drug-likeness (QED) is 0.523. The average Bonchev–Trinajstić information content (AvgIpc) is 2.05. The normalized spacial score (nSPS) is 14.0. The Balaban J connectivity index is 2.54. The Morgan fingerprint density at radius 3 is 3.40 bits per heavy atom. The Kier molecular flexibility index (Phi) is 1.21. The molecule has 0 aliphatic carbocycles. The summed E-state index contributed by atoms with van der Waals surface area (Å²) in [5.41, 5.74) is 2.36. The van der Waals surface area contributed by atoms with Crippen molar-refractivity contribution in [2.24, 2.45) is 0 Å². The molecule has 0 amide bonds. The molecule has 0 unspecified atom stereocenters. The molecule has 0 fully saturated rings. The first-order valence-electron chi connectivity index (χ1n) is 3.24. The highest BCUT2D eigenvalue weighted by molar-refractivity contribution is 5.53. The lowest BCUT2D eigenvalue weighted by molar-refractivity contribution is 0.234. The lowest BCUT2D eigenvalue weighted by Crippen LogP contribution is -1.94. The van der Waals surface area contributed by atoms with Gasteiger partial charge in [0, 0.05) is 5.56 Å². The van der Waals surface area contributed by atoms with Gasteiger partial charge in [-0.05, 0) is 17.7 Å². The summed E-state index contributed by atoms with van der Waals surface area (Å²) in [4.78, 5) is 0. The zero-order valence-electron chi connectivity index (χ0n) is 5.50. The summed E-state index contributed by atoms with van der Waals surface area (Å²) in [6.07, 6.45) is 3.67. The van der Waals surface area contributed by atoms with Gasteiger partial charge >= 0.3 is 0 Å². The molecule has 1 nitrogen and oxygen atoms in total. The van der Waals surface area contributed by atoms with Crippen LogP contribution in [0.15, 0.2) is 24.5 Å². The third kappa shape index (κ3) is 0.798. The molecule has 0 aromatic heterocycles. The van der Waals surface area contributed by atoms with Gasteiger partial charge in [-0.3, -0.25) is 0 Å². The summed E-state index contributed by atoms with van der Waals surface area (Å²) in [5.74, 6) is 0. The highest BCUT2D eigenvalue weighted by Crippen LogP contribution is 2.15. The summed E-state index contributed by atoms with van der Waals surface area (Å²) >= 11 is 0. The summed E-state index contributed by atoms with van der Waals surface area (Å²) < 4.78 is 5.08. The topological polar surface area (TPSA) is 9.23 Å². The van der Waals surface area contributed by atoms with Gasteiger partial charge < -0.3 is 4.74 Å². The predicted molar refractivity (Wildman–Crippen MR) is 39.1 cm³/mol. The molecule has 10 heavy (non-hydrogen) atoms. The van der Waals surface area contributed by atoms with Crippen LogP contribution >= 0.6 is 0 Å². The van der Waals surface area contributed by atoms with E-state index in [0.717, 1.165) is 5.56 Å². The number of hydrogen-bond donors (Lipinski definition) is 0. The smallest absolute Gasteiger partial charge is 0.114 e. The van der Waals surface area contributed by atoms with E-state index < -0.39 is 0 Å². The Morgan fingerprint density at radius 2 is 2.50 bits per heavy atom. The van der Waals surface area contributed by atoms with E-state index in [1.165, 1.54) is 5.56 Å². The zero-order chi connectivity index (χ0) is 6.81. The molecule has 1 heteroatoms. The maximum absolute atomic E-state index is 5.08. The number of hydrogen-bond acceptors (Lipinski definition) is 1. The van der Waals surface area contributed by atoms with Crippen LogP contribution in [0.2, 0.25) is 0 Å². The van der Waals surface area contributed by atoms with E-state index in [2.05, 4.69) is 12.1 Å². The van der Waals surface area contributed by atoms with E-state index in [9.17, 15) is 0 Å². The zero-order valence-corrected chi connectivity index (χ0v) is 5.50. The van der Waals surface area contributed by atoms with Crippen LogP contribution in [0.5, 0.6) is 0 Å².